The maximum atomic E-state index is 5.03. The molecule has 0 amide bonds. The molecule has 4 aromatic rings. The van der Waals surface area contributed by atoms with Gasteiger partial charge >= 0.3 is 0 Å². The van der Waals surface area contributed by atoms with Gasteiger partial charge in [0.1, 0.15) is 16.5 Å². The first-order valence-electron chi connectivity index (χ1n) is 10.4. The number of hydrogen-bond donors (Lipinski definition) is 1. The summed E-state index contributed by atoms with van der Waals surface area (Å²) in [6.07, 6.45) is 5.63. The van der Waals surface area contributed by atoms with Crippen molar-refractivity contribution >= 4 is 27.4 Å². The predicted molar refractivity (Wildman–Crippen MR) is 122 cm³/mol. The van der Waals surface area contributed by atoms with Crippen molar-refractivity contribution in [3.8, 4) is 0 Å². The first-order chi connectivity index (χ1) is 14.3. The minimum atomic E-state index is 0.193. The van der Waals surface area contributed by atoms with E-state index >= 15 is 0 Å². The lowest BCUT2D eigenvalue weighted by Gasteiger charge is -2.18. The van der Waals surface area contributed by atoms with Crippen LogP contribution in [0.1, 0.15) is 53.2 Å². The standard InChI is InChI=1S/C25H25N3S/c1-17(19-12-6-3-7-13-19)26-24-23-20-14-8-9-15-21(20)29-25(23)28-22(27-24)16-18-10-4-2-5-11-18/h2-7,10-13,17H,8-9,14-16H2,1H3,(H,26,27,28). The van der Waals surface area contributed by atoms with Crippen LogP contribution in [0.25, 0.3) is 10.2 Å². The number of thiophene rings is 1. The van der Waals surface area contributed by atoms with Gasteiger partial charge in [-0.05, 0) is 49.3 Å². The number of aromatic nitrogens is 2. The fourth-order valence-electron chi connectivity index (χ4n) is 4.19. The number of rotatable bonds is 5. The molecular weight excluding hydrogens is 374 g/mol. The molecule has 1 atom stereocenters. The highest BCUT2D eigenvalue weighted by molar-refractivity contribution is 7.19. The van der Waals surface area contributed by atoms with Crippen LogP contribution in [0.15, 0.2) is 60.7 Å². The molecule has 2 heterocycles. The molecule has 0 saturated carbocycles. The number of nitrogens with zero attached hydrogens (tertiary/aromatic N) is 2. The average Bonchev–Trinajstić information content (AvgIpc) is 3.13. The highest BCUT2D eigenvalue weighted by Crippen LogP contribution is 2.39. The number of nitrogens with one attached hydrogen (secondary N) is 1. The van der Waals surface area contributed by atoms with E-state index in [1.165, 1.54) is 46.2 Å². The lowest BCUT2D eigenvalue weighted by molar-refractivity contribution is 0.700. The quantitative estimate of drug-likeness (QED) is 0.426. The number of aryl methyl sites for hydroxylation is 2. The molecule has 1 aliphatic carbocycles. The van der Waals surface area contributed by atoms with E-state index in [-0.39, 0.29) is 6.04 Å². The Morgan fingerprint density at radius 3 is 2.45 bits per heavy atom. The van der Waals surface area contributed by atoms with Gasteiger partial charge in [0.2, 0.25) is 0 Å². The number of fused-ring (bicyclic) bond motifs is 3. The van der Waals surface area contributed by atoms with Gasteiger partial charge in [0.05, 0.1) is 5.39 Å². The van der Waals surface area contributed by atoms with Crippen LogP contribution >= 0.6 is 11.3 Å². The Morgan fingerprint density at radius 2 is 1.66 bits per heavy atom. The van der Waals surface area contributed by atoms with E-state index in [1.54, 1.807) is 0 Å². The summed E-state index contributed by atoms with van der Waals surface area (Å²) in [5.74, 6) is 1.89. The van der Waals surface area contributed by atoms with Gasteiger partial charge < -0.3 is 5.32 Å². The molecule has 0 radical (unpaired) electrons. The van der Waals surface area contributed by atoms with Gasteiger partial charge in [-0.15, -0.1) is 11.3 Å². The van der Waals surface area contributed by atoms with E-state index < -0.39 is 0 Å². The highest BCUT2D eigenvalue weighted by atomic mass is 32.1. The summed E-state index contributed by atoms with van der Waals surface area (Å²) in [6, 6.07) is 21.3. The summed E-state index contributed by atoms with van der Waals surface area (Å²) >= 11 is 1.87. The van der Waals surface area contributed by atoms with Crippen LogP contribution in [0.5, 0.6) is 0 Å². The molecule has 3 nitrogen and oxygen atoms in total. The zero-order valence-electron chi connectivity index (χ0n) is 16.7. The topological polar surface area (TPSA) is 37.8 Å². The summed E-state index contributed by atoms with van der Waals surface area (Å²) < 4.78 is 0. The van der Waals surface area contributed by atoms with E-state index in [2.05, 4.69) is 72.9 Å². The summed E-state index contributed by atoms with van der Waals surface area (Å²) in [5, 5.41) is 4.97. The SMILES string of the molecule is CC(Nc1nc(Cc2ccccc2)nc2sc3c(c12)CCCC3)c1ccccc1. The molecule has 0 saturated heterocycles. The molecule has 146 valence electrons. The molecule has 4 heteroatoms. The van der Waals surface area contributed by atoms with Crippen molar-refractivity contribution in [2.75, 3.05) is 5.32 Å². The van der Waals surface area contributed by atoms with Crippen LogP contribution < -0.4 is 5.32 Å². The van der Waals surface area contributed by atoms with Gasteiger partial charge in [-0.2, -0.15) is 0 Å². The summed E-state index contributed by atoms with van der Waals surface area (Å²) in [4.78, 5) is 12.7. The Balaban J connectivity index is 1.58. The Labute approximate surface area is 175 Å². The van der Waals surface area contributed by atoms with Crippen molar-refractivity contribution < 1.29 is 0 Å². The summed E-state index contributed by atoms with van der Waals surface area (Å²) in [7, 11) is 0. The molecular formula is C25H25N3S. The number of hydrogen-bond acceptors (Lipinski definition) is 4. The van der Waals surface area contributed by atoms with Crippen LogP contribution in [0.4, 0.5) is 5.82 Å². The van der Waals surface area contributed by atoms with Crippen molar-refractivity contribution in [2.45, 2.75) is 45.1 Å². The third-order valence-corrected chi connectivity index (χ3v) is 6.90. The third kappa shape index (κ3) is 3.77. The predicted octanol–water partition coefficient (Wildman–Crippen LogP) is 6.33. The van der Waals surface area contributed by atoms with Gasteiger partial charge in [0.25, 0.3) is 0 Å². The maximum absolute atomic E-state index is 5.03. The Bertz CT molecular complexity index is 1120. The van der Waals surface area contributed by atoms with Crippen LogP contribution in [0.3, 0.4) is 0 Å². The second kappa shape index (κ2) is 7.96. The summed E-state index contributed by atoms with van der Waals surface area (Å²) in [5.41, 5.74) is 3.99. The van der Waals surface area contributed by atoms with Gasteiger partial charge in [-0.1, -0.05) is 60.7 Å². The van der Waals surface area contributed by atoms with Crippen molar-refractivity contribution in [3.05, 3.63) is 88.1 Å². The molecule has 1 unspecified atom stereocenters. The largest absolute Gasteiger partial charge is 0.363 e. The Hall–Kier alpha value is -2.72. The Morgan fingerprint density at radius 1 is 0.931 bits per heavy atom. The van der Waals surface area contributed by atoms with E-state index in [9.17, 15) is 0 Å². The molecule has 2 aromatic heterocycles. The summed E-state index contributed by atoms with van der Waals surface area (Å²) in [6.45, 7) is 2.21. The van der Waals surface area contributed by atoms with E-state index in [1.807, 2.05) is 11.3 Å². The minimum absolute atomic E-state index is 0.193. The first kappa shape index (κ1) is 18.3. The zero-order valence-corrected chi connectivity index (χ0v) is 17.5. The van der Waals surface area contributed by atoms with Gasteiger partial charge in [0, 0.05) is 17.3 Å². The van der Waals surface area contributed by atoms with Gasteiger partial charge in [0.15, 0.2) is 0 Å². The van der Waals surface area contributed by atoms with Crippen molar-refractivity contribution in [2.24, 2.45) is 0 Å². The van der Waals surface area contributed by atoms with E-state index in [0.29, 0.717) is 0 Å². The molecule has 2 aromatic carbocycles. The second-order valence-corrected chi connectivity index (χ2v) is 8.90. The molecule has 5 rings (SSSR count). The molecule has 1 aliphatic rings. The average molecular weight is 400 g/mol. The number of anilines is 1. The Kier molecular flexibility index (Phi) is 5.03. The second-order valence-electron chi connectivity index (χ2n) is 7.82. The number of benzene rings is 2. The fourth-order valence-corrected chi connectivity index (χ4v) is 5.47. The molecule has 0 bridgehead atoms. The van der Waals surface area contributed by atoms with Crippen LogP contribution in [-0.4, -0.2) is 9.97 Å². The lowest BCUT2D eigenvalue weighted by Crippen LogP contribution is -2.11. The molecule has 0 aliphatic heterocycles. The van der Waals surface area contributed by atoms with Crippen LogP contribution in [0.2, 0.25) is 0 Å². The maximum Gasteiger partial charge on any atom is 0.139 e. The van der Waals surface area contributed by atoms with Gasteiger partial charge in [-0.3, -0.25) is 0 Å². The molecule has 0 fully saturated rings. The minimum Gasteiger partial charge on any atom is -0.363 e. The normalized spacial score (nSPS) is 14.5. The monoisotopic (exact) mass is 399 g/mol. The highest BCUT2D eigenvalue weighted by Gasteiger charge is 2.22. The van der Waals surface area contributed by atoms with Crippen molar-refractivity contribution in [1.29, 1.82) is 0 Å². The molecule has 1 N–H and O–H groups in total. The fraction of sp³-hybridized carbons (Fsp3) is 0.280. The van der Waals surface area contributed by atoms with E-state index in [0.717, 1.165) is 29.3 Å². The third-order valence-electron chi connectivity index (χ3n) is 5.72. The smallest absolute Gasteiger partial charge is 0.139 e. The first-order valence-corrected chi connectivity index (χ1v) is 11.3. The molecule has 0 spiro atoms. The van der Waals surface area contributed by atoms with Gasteiger partial charge in [-0.25, -0.2) is 9.97 Å². The van der Waals surface area contributed by atoms with Crippen LogP contribution in [0, 0.1) is 0 Å². The lowest BCUT2D eigenvalue weighted by atomic mass is 9.97. The van der Waals surface area contributed by atoms with Crippen LogP contribution in [-0.2, 0) is 19.3 Å². The zero-order chi connectivity index (χ0) is 19.6. The van der Waals surface area contributed by atoms with Crippen molar-refractivity contribution in [1.82, 2.24) is 9.97 Å². The van der Waals surface area contributed by atoms with E-state index in [4.69, 9.17) is 9.97 Å². The molecule has 29 heavy (non-hydrogen) atoms. The van der Waals surface area contributed by atoms with Crippen molar-refractivity contribution in [3.63, 3.8) is 0 Å².